The highest BCUT2D eigenvalue weighted by Crippen LogP contribution is 2.29. The summed E-state index contributed by atoms with van der Waals surface area (Å²) in [5.74, 6) is 0. The summed E-state index contributed by atoms with van der Waals surface area (Å²) in [6.07, 6.45) is 0. The fourth-order valence-electron chi connectivity index (χ4n) is 2.38. The standard InChI is InChI=1S/C17H15N/c1-12-7-3-5-9-15(12)17-16-10-6-4-8-14(16)11-13(2)18-17/h3-11H,1-2H3. The lowest BCUT2D eigenvalue weighted by molar-refractivity contribution is 1.22. The van der Waals surface area contributed by atoms with Gasteiger partial charge in [-0.25, -0.2) is 0 Å². The summed E-state index contributed by atoms with van der Waals surface area (Å²) in [6, 6.07) is 19.0. The molecule has 0 aliphatic heterocycles. The monoisotopic (exact) mass is 233 g/mol. The summed E-state index contributed by atoms with van der Waals surface area (Å²) in [4.78, 5) is 4.73. The number of hydrogen-bond donors (Lipinski definition) is 0. The van der Waals surface area contributed by atoms with Crippen molar-refractivity contribution in [1.82, 2.24) is 4.98 Å². The molecule has 0 spiro atoms. The Hall–Kier alpha value is -2.15. The van der Waals surface area contributed by atoms with Crippen LogP contribution in [0.25, 0.3) is 22.0 Å². The van der Waals surface area contributed by atoms with Gasteiger partial charge in [0.15, 0.2) is 0 Å². The number of nitrogens with zero attached hydrogens (tertiary/aromatic N) is 1. The average Bonchev–Trinajstić information content (AvgIpc) is 2.38. The second-order valence-electron chi connectivity index (χ2n) is 4.65. The maximum atomic E-state index is 4.73. The van der Waals surface area contributed by atoms with E-state index >= 15 is 0 Å². The molecule has 0 bridgehead atoms. The van der Waals surface area contributed by atoms with Gasteiger partial charge < -0.3 is 0 Å². The summed E-state index contributed by atoms with van der Waals surface area (Å²) in [5, 5.41) is 2.47. The zero-order valence-electron chi connectivity index (χ0n) is 10.6. The van der Waals surface area contributed by atoms with E-state index in [-0.39, 0.29) is 0 Å². The smallest absolute Gasteiger partial charge is 0.0786 e. The number of pyridine rings is 1. The first-order chi connectivity index (χ1) is 8.75. The van der Waals surface area contributed by atoms with Gasteiger partial charge in [0.25, 0.3) is 0 Å². The molecule has 2 aromatic carbocycles. The molecule has 1 nitrogen and oxygen atoms in total. The van der Waals surface area contributed by atoms with Crippen molar-refractivity contribution in [3.05, 3.63) is 65.9 Å². The molecule has 1 heteroatoms. The molecule has 88 valence electrons. The molecule has 0 saturated carbocycles. The van der Waals surface area contributed by atoms with E-state index in [0.717, 1.165) is 11.4 Å². The maximum absolute atomic E-state index is 4.73. The van der Waals surface area contributed by atoms with Crippen molar-refractivity contribution in [2.75, 3.05) is 0 Å². The van der Waals surface area contributed by atoms with Crippen molar-refractivity contribution in [2.45, 2.75) is 13.8 Å². The maximum Gasteiger partial charge on any atom is 0.0786 e. The number of aromatic nitrogens is 1. The molecule has 0 N–H and O–H groups in total. The minimum Gasteiger partial charge on any atom is -0.252 e. The Kier molecular flexibility index (Phi) is 2.60. The average molecular weight is 233 g/mol. The van der Waals surface area contributed by atoms with Gasteiger partial charge >= 0.3 is 0 Å². The van der Waals surface area contributed by atoms with E-state index in [1.807, 2.05) is 6.92 Å². The van der Waals surface area contributed by atoms with Crippen molar-refractivity contribution >= 4 is 10.8 Å². The van der Waals surface area contributed by atoms with Crippen LogP contribution in [0.15, 0.2) is 54.6 Å². The third-order valence-electron chi connectivity index (χ3n) is 3.27. The number of aryl methyl sites for hydroxylation is 2. The molecule has 18 heavy (non-hydrogen) atoms. The van der Waals surface area contributed by atoms with E-state index in [9.17, 15) is 0 Å². The van der Waals surface area contributed by atoms with Crippen molar-refractivity contribution in [1.29, 1.82) is 0 Å². The molecule has 0 amide bonds. The number of fused-ring (bicyclic) bond motifs is 1. The van der Waals surface area contributed by atoms with Gasteiger partial charge in [-0.2, -0.15) is 0 Å². The van der Waals surface area contributed by atoms with Gasteiger partial charge in [0.05, 0.1) is 5.69 Å². The Morgan fingerprint density at radius 1 is 0.833 bits per heavy atom. The SMILES string of the molecule is Cc1cc2ccccc2c(-c2ccccc2C)n1. The molecule has 0 saturated heterocycles. The topological polar surface area (TPSA) is 12.9 Å². The summed E-state index contributed by atoms with van der Waals surface area (Å²) in [5.41, 5.74) is 4.63. The summed E-state index contributed by atoms with van der Waals surface area (Å²) in [7, 11) is 0. The van der Waals surface area contributed by atoms with E-state index in [1.54, 1.807) is 0 Å². The molecule has 1 heterocycles. The number of hydrogen-bond acceptors (Lipinski definition) is 1. The second kappa shape index (κ2) is 4.26. The normalized spacial score (nSPS) is 10.8. The lowest BCUT2D eigenvalue weighted by Crippen LogP contribution is -1.91. The van der Waals surface area contributed by atoms with Crippen LogP contribution in [0.2, 0.25) is 0 Å². The minimum atomic E-state index is 1.06. The highest BCUT2D eigenvalue weighted by atomic mass is 14.7. The van der Waals surface area contributed by atoms with Crippen LogP contribution in [0.1, 0.15) is 11.3 Å². The fourth-order valence-corrected chi connectivity index (χ4v) is 2.38. The molecule has 0 aliphatic rings. The van der Waals surface area contributed by atoms with E-state index in [4.69, 9.17) is 4.98 Å². The Labute approximate surface area is 107 Å². The molecular weight excluding hydrogens is 218 g/mol. The lowest BCUT2D eigenvalue weighted by Gasteiger charge is -2.10. The molecule has 0 unspecified atom stereocenters. The third-order valence-corrected chi connectivity index (χ3v) is 3.27. The van der Waals surface area contributed by atoms with Gasteiger partial charge in [-0.05, 0) is 30.9 Å². The molecule has 0 aliphatic carbocycles. The Bertz CT molecular complexity index is 714. The molecular formula is C17H15N. The van der Waals surface area contributed by atoms with Crippen LogP contribution < -0.4 is 0 Å². The highest BCUT2D eigenvalue weighted by Gasteiger charge is 2.08. The number of benzene rings is 2. The molecule has 0 radical (unpaired) electrons. The predicted octanol–water partition coefficient (Wildman–Crippen LogP) is 4.52. The lowest BCUT2D eigenvalue weighted by atomic mass is 10.00. The first kappa shape index (κ1) is 11.0. The van der Waals surface area contributed by atoms with Crippen LogP contribution in [0, 0.1) is 13.8 Å². The summed E-state index contributed by atoms with van der Waals surface area (Å²) in [6.45, 7) is 4.18. The van der Waals surface area contributed by atoms with Crippen LogP contribution in [0.5, 0.6) is 0 Å². The van der Waals surface area contributed by atoms with Crippen LogP contribution in [-0.4, -0.2) is 4.98 Å². The van der Waals surface area contributed by atoms with Crippen molar-refractivity contribution in [3.63, 3.8) is 0 Å². The third kappa shape index (κ3) is 1.78. The first-order valence-electron chi connectivity index (χ1n) is 6.18. The molecule has 3 rings (SSSR count). The van der Waals surface area contributed by atoms with Gasteiger partial charge in [-0.15, -0.1) is 0 Å². The first-order valence-corrected chi connectivity index (χ1v) is 6.18. The van der Waals surface area contributed by atoms with Crippen LogP contribution in [0.4, 0.5) is 0 Å². The largest absolute Gasteiger partial charge is 0.252 e. The molecule has 3 aromatic rings. The zero-order chi connectivity index (χ0) is 12.5. The van der Waals surface area contributed by atoms with Crippen LogP contribution >= 0.6 is 0 Å². The minimum absolute atomic E-state index is 1.06. The van der Waals surface area contributed by atoms with Gasteiger partial charge in [0, 0.05) is 16.6 Å². The van der Waals surface area contributed by atoms with Gasteiger partial charge in [0.1, 0.15) is 0 Å². The molecule has 0 atom stereocenters. The Balaban J connectivity index is 2.39. The quantitative estimate of drug-likeness (QED) is 0.602. The van der Waals surface area contributed by atoms with E-state index < -0.39 is 0 Å². The van der Waals surface area contributed by atoms with Gasteiger partial charge in [-0.1, -0.05) is 48.5 Å². The van der Waals surface area contributed by atoms with Gasteiger partial charge in [0.2, 0.25) is 0 Å². The molecule has 1 aromatic heterocycles. The summed E-state index contributed by atoms with van der Waals surface area (Å²) >= 11 is 0. The van der Waals surface area contributed by atoms with Gasteiger partial charge in [-0.3, -0.25) is 4.98 Å². The fraction of sp³-hybridized carbons (Fsp3) is 0.118. The zero-order valence-corrected chi connectivity index (χ0v) is 10.6. The highest BCUT2D eigenvalue weighted by molar-refractivity contribution is 5.95. The Morgan fingerprint density at radius 2 is 1.56 bits per heavy atom. The van der Waals surface area contributed by atoms with E-state index in [0.29, 0.717) is 0 Å². The predicted molar refractivity (Wildman–Crippen MR) is 76.7 cm³/mol. The number of rotatable bonds is 1. The van der Waals surface area contributed by atoms with E-state index in [1.165, 1.54) is 21.9 Å². The van der Waals surface area contributed by atoms with Crippen molar-refractivity contribution in [2.24, 2.45) is 0 Å². The van der Waals surface area contributed by atoms with Crippen LogP contribution in [-0.2, 0) is 0 Å². The molecule has 0 fully saturated rings. The van der Waals surface area contributed by atoms with Crippen molar-refractivity contribution < 1.29 is 0 Å². The second-order valence-corrected chi connectivity index (χ2v) is 4.65. The Morgan fingerprint density at radius 3 is 2.39 bits per heavy atom. The van der Waals surface area contributed by atoms with Crippen LogP contribution in [0.3, 0.4) is 0 Å². The van der Waals surface area contributed by atoms with Crippen molar-refractivity contribution in [3.8, 4) is 11.3 Å². The van der Waals surface area contributed by atoms with E-state index in [2.05, 4.69) is 61.5 Å². The summed E-state index contributed by atoms with van der Waals surface area (Å²) < 4.78 is 0.